The predicted molar refractivity (Wildman–Crippen MR) is 93.8 cm³/mol. The zero-order valence-electron chi connectivity index (χ0n) is 13.7. The average Bonchev–Trinajstić information content (AvgIpc) is 3.02. The smallest absolute Gasteiger partial charge is 0.334 e. The number of hydrogen-bond acceptors (Lipinski definition) is 6. The number of aliphatic carboxylic acids is 1. The molecule has 0 fully saturated rings. The van der Waals surface area contributed by atoms with E-state index in [4.69, 9.17) is 4.52 Å². The minimum Gasteiger partial charge on any atom is -0.479 e. The molecular formula is C18H14N2O5S. The van der Waals surface area contributed by atoms with E-state index in [1.54, 1.807) is 19.1 Å². The van der Waals surface area contributed by atoms with Crippen LogP contribution in [0.2, 0.25) is 0 Å². The Hall–Kier alpha value is -3.26. The van der Waals surface area contributed by atoms with E-state index < -0.39 is 22.5 Å². The van der Waals surface area contributed by atoms with E-state index in [-0.39, 0.29) is 5.56 Å². The predicted octanol–water partition coefficient (Wildman–Crippen LogP) is 3.51. The zero-order chi connectivity index (χ0) is 18.7. The normalized spacial score (nSPS) is 11.7. The Balaban J connectivity index is 2.04. The molecule has 0 bridgehead atoms. The molecule has 1 N–H and O–H groups in total. The maximum absolute atomic E-state index is 11.3. The third-order valence-electron chi connectivity index (χ3n) is 3.85. The van der Waals surface area contributed by atoms with Crippen molar-refractivity contribution in [2.75, 3.05) is 0 Å². The quantitative estimate of drug-likeness (QED) is 0.736. The van der Waals surface area contributed by atoms with Gasteiger partial charge in [0.2, 0.25) is 0 Å². The van der Waals surface area contributed by atoms with Crippen molar-refractivity contribution in [1.82, 2.24) is 5.16 Å². The number of rotatable bonds is 5. The summed E-state index contributed by atoms with van der Waals surface area (Å²) >= 11 is 0. The Morgan fingerprint density at radius 2 is 1.73 bits per heavy atom. The molecule has 1 heterocycles. The molecular weight excluding hydrogens is 356 g/mol. The van der Waals surface area contributed by atoms with E-state index in [9.17, 15) is 18.3 Å². The van der Waals surface area contributed by atoms with Crippen molar-refractivity contribution < 1.29 is 22.8 Å². The largest absolute Gasteiger partial charge is 0.479 e. The first kappa shape index (κ1) is 17.6. The van der Waals surface area contributed by atoms with Crippen LogP contribution in [0.3, 0.4) is 0 Å². The van der Waals surface area contributed by atoms with Crippen LogP contribution in [-0.2, 0) is 15.3 Å². The maximum Gasteiger partial charge on any atom is 0.334 e. The van der Waals surface area contributed by atoms with Crippen LogP contribution in [0.1, 0.15) is 17.4 Å². The van der Waals surface area contributed by atoms with Crippen molar-refractivity contribution in [2.45, 2.75) is 13.0 Å². The maximum atomic E-state index is 11.3. The highest BCUT2D eigenvalue weighted by molar-refractivity contribution is 7.61. The molecule has 1 atom stereocenters. The third-order valence-corrected chi connectivity index (χ3v) is 4.23. The summed E-state index contributed by atoms with van der Waals surface area (Å²) < 4.78 is 30.0. The van der Waals surface area contributed by atoms with Crippen molar-refractivity contribution in [2.24, 2.45) is 4.36 Å². The van der Waals surface area contributed by atoms with Gasteiger partial charge in [0.1, 0.15) is 11.5 Å². The van der Waals surface area contributed by atoms with Gasteiger partial charge in [0.25, 0.3) is 0 Å². The fourth-order valence-electron chi connectivity index (χ4n) is 2.67. The molecule has 0 aliphatic heterocycles. The van der Waals surface area contributed by atoms with E-state index in [0.29, 0.717) is 11.5 Å². The second-order valence-electron chi connectivity index (χ2n) is 5.51. The van der Waals surface area contributed by atoms with E-state index >= 15 is 0 Å². The summed E-state index contributed by atoms with van der Waals surface area (Å²) in [6.07, 6.45) is 0. The first-order chi connectivity index (χ1) is 12.5. The lowest BCUT2D eigenvalue weighted by molar-refractivity contribution is -0.138. The molecule has 1 aromatic heterocycles. The van der Waals surface area contributed by atoms with Gasteiger partial charge in [-0.2, -0.15) is 12.8 Å². The molecule has 0 amide bonds. The van der Waals surface area contributed by atoms with Gasteiger partial charge in [-0.05, 0) is 18.1 Å². The van der Waals surface area contributed by atoms with E-state index in [2.05, 4.69) is 9.52 Å². The molecule has 8 heteroatoms. The van der Waals surface area contributed by atoms with Crippen LogP contribution in [-0.4, -0.2) is 24.7 Å². The number of carbonyl (C=O) groups is 1. The number of nitrogens with zero attached hydrogens (tertiary/aromatic N) is 2. The molecule has 0 radical (unpaired) electrons. The first-order valence-electron chi connectivity index (χ1n) is 7.62. The Morgan fingerprint density at radius 3 is 2.31 bits per heavy atom. The minimum absolute atomic E-state index is 0.265. The molecule has 2 aromatic carbocycles. The van der Waals surface area contributed by atoms with Crippen molar-refractivity contribution in [3.8, 4) is 22.4 Å². The van der Waals surface area contributed by atoms with Crippen molar-refractivity contribution >= 4 is 16.5 Å². The molecule has 0 saturated carbocycles. The molecule has 3 aromatic rings. The summed E-state index contributed by atoms with van der Waals surface area (Å²) in [4.78, 5) is 11.3. The number of hydrogen-bond donors (Lipinski definition) is 1. The van der Waals surface area contributed by atoms with E-state index in [1.807, 2.05) is 30.3 Å². The molecule has 132 valence electrons. The molecule has 1 unspecified atom stereocenters. The Kier molecular flexibility index (Phi) is 4.94. The summed E-state index contributed by atoms with van der Waals surface area (Å²) in [7, 11) is -2.81. The lowest BCUT2D eigenvalue weighted by Crippen LogP contribution is -2.08. The SMILES string of the molecule is Cc1onc(-c2ccccc2)c1-c1ccc(C(N=S(=O)=O)C(=O)O)cc1. The minimum atomic E-state index is -2.81. The van der Waals surface area contributed by atoms with Crippen LogP contribution in [0, 0.1) is 6.92 Å². The standard InChI is InChI=1S/C18H14N2O5S/c1-11-15(16(19-25-11)13-5-3-2-4-6-13)12-7-9-14(10-8-12)17(18(21)22)20-26(23)24/h2-10,17H,1H3,(H,21,22). The van der Waals surface area contributed by atoms with Crippen molar-refractivity contribution in [3.63, 3.8) is 0 Å². The molecule has 0 spiro atoms. The highest BCUT2D eigenvalue weighted by Crippen LogP contribution is 2.34. The van der Waals surface area contributed by atoms with Gasteiger partial charge in [-0.15, -0.1) is 0 Å². The van der Waals surface area contributed by atoms with Gasteiger partial charge < -0.3 is 9.63 Å². The average molecular weight is 370 g/mol. The highest BCUT2D eigenvalue weighted by atomic mass is 32.2. The summed E-state index contributed by atoms with van der Waals surface area (Å²) in [6, 6.07) is 14.5. The zero-order valence-corrected chi connectivity index (χ0v) is 14.5. The van der Waals surface area contributed by atoms with Crippen molar-refractivity contribution in [3.05, 3.63) is 65.9 Å². The molecule has 26 heavy (non-hydrogen) atoms. The second-order valence-corrected chi connectivity index (χ2v) is 6.16. The fraction of sp³-hybridized carbons (Fsp3) is 0.111. The lowest BCUT2D eigenvalue weighted by atomic mass is 9.97. The molecule has 0 aliphatic rings. The summed E-state index contributed by atoms with van der Waals surface area (Å²) in [5.74, 6) is -0.718. The van der Waals surface area contributed by atoms with Crippen LogP contribution in [0.5, 0.6) is 0 Å². The highest BCUT2D eigenvalue weighted by Gasteiger charge is 2.21. The molecule has 7 nitrogen and oxygen atoms in total. The van der Waals surface area contributed by atoms with E-state index in [0.717, 1.165) is 16.7 Å². The van der Waals surface area contributed by atoms with Crippen LogP contribution in [0.4, 0.5) is 0 Å². The van der Waals surface area contributed by atoms with Crippen LogP contribution in [0.25, 0.3) is 22.4 Å². The van der Waals surface area contributed by atoms with Gasteiger partial charge >= 0.3 is 16.5 Å². The summed E-state index contributed by atoms with van der Waals surface area (Å²) in [6.45, 7) is 1.79. The Labute approximate surface area is 150 Å². The number of benzene rings is 2. The van der Waals surface area contributed by atoms with Gasteiger partial charge in [-0.25, -0.2) is 4.79 Å². The van der Waals surface area contributed by atoms with Gasteiger partial charge in [0.15, 0.2) is 6.04 Å². The van der Waals surface area contributed by atoms with E-state index in [1.165, 1.54) is 12.1 Å². The van der Waals surface area contributed by atoms with Gasteiger partial charge in [-0.1, -0.05) is 59.8 Å². The lowest BCUT2D eigenvalue weighted by Gasteiger charge is -2.08. The number of carboxylic acids is 1. The van der Waals surface area contributed by atoms with Gasteiger partial charge in [0.05, 0.1) is 5.56 Å². The van der Waals surface area contributed by atoms with Crippen LogP contribution >= 0.6 is 0 Å². The van der Waals surface area contributed by atoms with Gasteiger partial charge in [-0.3, -0.25) is 0 Å². The van der Waals surface area contributed by atoms with Crippen LogP contribution < -0.4 is 0 Å². The molecule has 0 saturated heterocycles. The Morgan fingerprint density at radius 1 is 1.08 bits per heavy atom. The molecule has 0 aliphatic carbocycles. The third kappa shape index (κ3) is 3.55. The van der Waals surface area contributed by atoms with Gasteiger partial charge in [0, 0.05) is 5.56 Å². The molecule has 3 rings (SSSR count). The summed E-state index contributed by atoms with van der Waals surface area (Å²) in [5.41, 5.74) is 3.40. The topological polar surface area (TPSA) is 110 Å². The number of aryl methyl sites for hydroxylation is 1. The first-order valence-corrected chi connectivity index (χ1v) is 8.65. The fourth-order valence-corrected chi connectivity index (χ4v) is 3.06. The number of aromatic nitrogens is 1. The van der Waals surface area contributed by atoms with Crippen molar-refractivity contribution in [1.29, 1.82) is 0 Å². The summed E-state index contributed by atoms with van der Waals surface area (Å²) in [5, 5.41) is 13.3. The van der Waals surface area contributed by atoms with Crippen LogP contribution in [0.15, 0.2) is 63.5 Å². The second kappa shape index (κ2) is 7.32. The number of carboxylic acid groups (broad SMARTS) is 1. The Bertz CT molecular complexity index is 1060. The monoisotopic (exact) mass is 370 g/mol.